The van der Waals surface area contributed by atoms with E-state index in [1.54, 1.807) is 18.5 Å². The van der Waals surface area contributed by atoms with E-state index in [9.17, 15) is 0 Å². The highest BCUT2D eigenvalue weighted by Crippen LogP contribution is 2.15. The zero-order valence-corrected chi connectivity index (χ0v) is 14.1. The molecule has 0 bridgehead atoms. The standard InChI is InChI=1S/C15H24N6S/c1-3-4-6-12(2)11-22-10-7-13-18-15(21-20-13)19-14-16-8-5-9-17-14/h5,8-9,12H,3-4,6-7,10-11H2,1-2H3,(H2,16,17,18,19,20,21)/t12-/m0/s1. The van der Waals surface area contributed by atoms with Gasteiger partial charge < -0.3 is 0 Å². The molecule has 0 saturated carbocycles. The number of rotatable bonds is 10. The van der Waals surface area contributed by atoms with Crippen molar-refractivity contribution in [1.82, 2.24) is 25.1 Å². The number of anilines is 2. The van der Waals surface area contributed by atoms with E-state index in [4.69, 9.17) is 0 Å². The van der Waals surface area contributed by atoms with E-state index in [0.29, 0.717) is 11.9 Å². The van der Waals surface area contributed by atoms with Crippen LogP contribution in [0.15, 0.2) is 18.5 Å². The minimum absolute atomic E-state index is 0.507. The summed E-state index contributed by atoms with van der Waals surface area (Å²) in [4.78, 5) is 12.6. The molecule has 0 fully saturated rings. The summed E-state index contributed by atoms with van der Waals surface area (Å²) in [5, 5.41) is 10.1. The van der Waals surface area contributed by atoms with Gasteiger partial charge >= 0.3 is 0 Å². The lowest BCUT2D eigenvalue weighted by molar-refractivity contribution is 0.557. The highest BCUT2D eigenvalue weighted by atomic mass is 32.2. The van der Waals surface area contributed by atoms with E-state index in [1.165, 1.54) is 25.0 Å². The Labute approximate surface area is 136 Å². The molecule has 0 amide bonds. The second-order valence-electron chi connectivity index (χ2n) is 5.38. The van der Waals surface area contributed by atoms with Gasteiger partial charge in [-0.15, -0.1) is 5.10 Å². The first-order chi connectivity index (χ1) is 10.8. The summed E-state index contributed by atoms with van der Waals surface area (Å²) in [7, 11) is 0. The van der Waals surface area contributed by atoms with Crippen molar-refractivity contribution in [3.05, 3.63) is 24.3 Å². The van der Waals surface area contributed by atoms with Gasteiger partial charge in [0.15, 0.2) is 0 Å². The largest absolute Gasteiger partial charge is 0.291 e. The van der Waals surface area contributed by atoms with Crippen molar-refractivity contribution in [2.45, 2.75) is 39.5 Å². The zero-order chi connectivity index (χ0) is 15.6. The van der Waals surface area contributed by atoms with E-state index >= 15 is 0 Å². The number of aromatic amines is 1. The third-order valence-corrected chi connectivity index (χ3v) is 4.55. The van der Waals surface area contributed by atoms with Crippen LogP contribution in [0.2, 0.25) is 0 Å². The van der Waals surface area contributed by atoms with E-state index in [0.717, 1.165) is 23.9 Å². The summed E-state index contributed by atoms with van der Waals surface area (Å²) in [5.74, 6) is 5.00. The first-order valence-electron chi connectivity index (χ1n) is 7.81. The molecule has 7 heteroatoms. The molecule has 2 N–H and O–H groups in total. The van der Waals surface area contributed by atoms with Crippen molar-refractivity contribution >= 4 is 23.7 Å². The molecule has 2 heterocycles. The molecule has 2 aromatic rings. The Morgan fingerprint density at radius 3 is 2.86 bits per heavy atom. The van der Waals surface area contributed by atoms with Gasteiger partial charge in [0.05, 0.1) is 0 Å². The van der Waals surface area contributed by atoms with Crippen LogP contribution in [0.5, 0.6) is 0 Å². The van der Waals surface area contributed by atoms with Crippen LogP contribution in [0.1, 0.15) is 38.9 Å². The Morgan fingerprint density at radius 2 is 2.09 bits per heavy atom. The van der Waals surface area contributed by atoms with E-state index in [1.807, 2.05) is 11.8 Å². The van der Waals surface area contributed by atoms with Gasteiger partial charge in [0.2, 0.25) is 11.9 Å². The molecule has 2 rings (SSSR count). The number of thioether (sulfide) groups is 1. The van der Waals surface area contributed by atoms with Crippen LogP contribution in [-0.2, 0) is 6.42 Å². The number of hydrogen-bond acceptors (Lipinski definition) is 6. The van der Waals surface area contributed by atoms with Gasteiger partial charge in [0, 0.05) is 24.6 Å². The normalized spacial score (nSPS) is 12.3. The molecule has 1 atom stereocenters. The quantitative estimate of drug-likeness (QED) is 0.653. The predicted octanol–water partition coefficient (Wildman–Crippen LogP) is 3.44. The number of aryl methyl sites for hydroxylation is 1. The molecule has 0 aliphatic rings. The van der Waals surface area contributed by atoms with Gasteiger partial charge in [-0.05, 0) is 24.2 Å². The Kier molecular flexibility index (Phi) is 7.15. The zero-order valence-electron chi connectivity index (χ0n) is 13.2. The van der Waals surface area contributed by atoms with Crippen LogP contribution in [-0.4, -0.2) is 36.7 Å². The molecule has 0 unspecified atom stereocenters. The second-order valence-corrected chi connectivity index (χ2v) is 6.53. The number of aromatic nitrogens is 5. The molecule has 0 aliphatic heterocycles. The number of nitrogens with zero attached hydrogens (tertiary/aromatic N) is 4. The molecule has 2 aromatic heterocycles. The van der Waals surface area contributed by atoms with Gasteiger partial charge in [-0.25, -0.2) is 9.97 Å². The lowest BCUT2D eigenvalue weighted by atomic mass is 10.1. The van der Waals surface area contributed by atoms with E-state index in [-0.39, 0.29) is 0 Å². The average Bonchev–Trinajstić information content (AvgIpc) is 2.98. The van der Waals surface area contributed by atoms with Crippen LogP contribution >= 0.6 is 11.8 Å². The van der Waals surface area contributed by atoms with Crippen LogP contribution in [0, 0.1) is 5.92 Å². The van der Waals surface area contributed by atoms with Crippen LogP contribution in [0.25, 0.3) is 0 Å². The van der Waals surface area contributed by atoms with Crippen LogP contribution in [0.4, 0.5) is 11.9 Å². The van der Waals surface area contributed by atoms with E-state index < -0.39 is 0 Å². The Bertz CT molecular complexity index is 530. The minimum Gasteiger partial charge on any atom is -0.291 e. The van der Waals surface area contributed by atoms with Crippen molar-refractivity contribution in [3.63, 3.8) is 0 Å². The number of hydrogen-bond donors (Lipinski definition) is 2. The highest BCUT2D eigenvalue weighted by Gasteiger charge is 2.06. The van der Waals surface area contributed by atoms with Crippen molar-refractivity contribution < 1.29 is 0 Å². The lowest BCUT2D eigenvalue weighted by Gasteiger charge is -2.09. The molecule has 0 spiro atoms. The van der Waals surface area contributed by atoms with Gasteiger partial charge in [-0.1, -0.05) is 26.7 Å². The minimum atomic E-state index is 0.507. The maximum Gasteiger partial charge on any atom is 0.248 e. The fourth-order valence-corrected chi connectivity index (χ4v) is 3.09. The maximum atomic E-state index is 4.40. The summed E-state index contributed by atoms with van der Waals surface area (Å²) >= 11 is 1.99. The molecule has 0 radical (unpaired) electrons. The van der Waals surface area contributed by atoms with Crippen LogP contribution < -0.4 is 5.32 Å². The molecule has 120 valence electrons. The Balaban J connectivity index is 1.67. The summed E-state index contributed by atoms with van der Waals surface area (Å²) in [6.07, 6.45) is 8.21. The molecule has 0 aliphatic carbocycles. The lowest BCUT2D eigenvalue weighted by Crippen LogP contribution is -2.00. The monoisotopic (exact) mass is 320 g/mol. The first-order valence-corrected chi connectivity index (χ1v) is 8.96. The Morgan fingerprint density at radius 1 is 1.27 bits per heavy atom. The maximum absolute atomic E-state index is 4.40. The third-order valence-electron chi connectivity index (χ3n) is 3.26. The van der Waals surface area contributed by atoms with Crippen molar-refractivity contribution in [2.24, 2.45) is 5.92 Å². The first kappa shape index (κ1) is 16.7. The smallest absolute Gasteiger partial charge is 0.248 e. The molecular formula is C15H24N6S. The topological polar surface area (TPSA) is 79.4 Å². The summed E-state index contributed by atoms with van der Waals surface area (Å²) in [6.45, 7) is 4.58. The fraction of sp³-hybridized carbons (Fsp3) is 0.600. The molecule has 0 saturated heterocycles. The SMILES string of the molecule is CCCC[C@H](C)CSCCc1nc(Nc2ncccn2)n[nH]1. The van der Waals surface area contributed by atoms with Crippen molar-refractivity contribution in [3.8, 4) is 0 Å². The highest BCUT2D eigenvalue weighted by molar-refractivity contribution is 7.99. The van der Waals surface area contributed by atoms with Gasteiger partial charge in [-0.3, -0.25) is 10.4 Å². The fourth-order valence-electron chi connectivity index (χ4n) is 2.02. The summed E-state index contributed by atoms with van der Waals surface area (Å²) < 4.78 is 0. The van der Waals surface area contributed by atoms with Gasteiger partial charge in [-0.2, -0.15) is 16.7 Å². The molecule has 22 heavy (non-hydrogen) atoms. The number of nitrogens with one attached hydrogen (secondary N) is 2. The molecular weight excluding hydrogens is 296 g/mol. The average molecular weight is 320 g/mol. The molecule has 6 nitrogen and oxygen atoms in total. The Hall–Kier alpha value is -1.63. The van der Waals surface area contributed by atoms with Crippen LogP contribution in [0.3, 0.4) is 0 Å². The van der Waals surface area contributed by atoms with Crippen molar-refractivity contribution in [1.29, 1.82) is 0 Å². The summed E-state index contributed by atoms with van der Waals surface area (Å²) in [5.41, 5.74) is 0. The number of H-pyrrole nitrogens is 1. The van der Waals surface area contributed by atoms with Gasteiger partial charge in [0.25, 0.3) is 0 Å². The second kappa shape index (κ2) is 9.40. The third kappa shape index (κ3) is 6.01. The molecule has 0 aromatic carbocycles. The number of unbranched alkanes of at least 4 members (excludes halogenated alkanes) is 1. The predicted molar refractivity (Wildman–Crippen MR) is 91.4 cm³/mol. The van der Waals surface area contributed by atoms with E-state index in [2.05, 4.69) is 44.3 Å². The summed E-state index contributed by atoms with van der Waals surface area (Å²) in [6, 6.07) is 1.77. The van der Waals surface area contributed by atoms with Gasteiger partial charge in [0.1, 0.15) is 5.82 Å². The van der Waals surface area contributed by atoms with Crippen molar-refractivity contribution in [2.75, 3.05) is 16.8 Å².